The van der Waals surface area contributed by atoms with Gasteiger partial charge in [-0.15, -0.1) is 0 Å². The third-order valence-corrected chi connectivity index (χ3v) is 2.50. The monoisotopic (exact) mass is 196 g/mol. The van der Waals surface area contributed by atoms with E-state index in [1.54, 1.807) is 6.07 Å². The van der Waals surface area contributed by atoms with Gasteiger partial charge in [-0.05, 0) is 25.0 Å². The lowest BCUT2D eigenvalue weighted by Gasteiger charge is -2.30. The number of aliphatic hydroxyl groups is 1. The van der Waals surface area contributed by atoms with Crippen LogP contribution in [-0.4, -0.2) is 29.3 Å². The molecular weight excluding hydrogens is 183 g/mol. The van der Waals surface area contributed by atoms with Crippen molar-refractivity contribution in [3.8, 4) is 0 Å². The maximum atomic E-state index is 12.6. The van der Waals surface area contributed by atoms with Crippen molar-refractivity contribution in [2.24, 2.45) is 0 Å². The van der Waals surface area contributed by atoms with Gasteiger partial charge in [-0.3, -0.25) is 0 Å². The van der Waals surface area contributed by atoms with Gasteiger partial charge in [0.25, 0.3) is 0 Å². The molecule has 0 bridgehead atoms. The summed E-state index contributed by atoms with van der Waals surface area (Å²) in [6.45, 7) is 1.58. The lowest BCUT2D eigenvalue weighted by atomic mass is 10.1. The Morgan fingerprint density at radius 1 is 1.36 bits per heavy atom. The van der Waals surface area contributed by atoms with Crippen LogP contribution in [0.15, 0.2) is 18.3 Å². The molecule has 1 N–H and O–H groups in total. The van der Waals surface area contributed by atoms with E-state index in [4.69, 9.17) is 0 Å². The SMILES string of the molecule is OC1CCN(c2ccc(F)cn2)CC1. The molecule has 14 heavy (non-hydrogen) atoms. The third kappa shape index (κ3) is 2.01. The zero-order valence-corrected chi connectivity index (χ0v) is 7.86. The van der Waals surface area contributed by atoms with E-state index in [0.717, 1.165) is 31.7 Å². The van der Waals surface area contributed by atoms with Crippen LogP contribution in [0.1, 0.15) is 12.8 Å². The van der Waals surface area contributed by atoms with E-state index in [9.17, 15) is 9.50 Å². The van der Waals surface area contributed by atoms with Gasteiger partial charge in [-0.2, -0.15) is 0 Å². The van der Waals surface area contributed by atoms with E-state index in [0.29, 0.717) is 0 Å². The zero-order valence-electron chi connectivity index (χ0n) is 7.86. The number of anilines is 1. The first-order valence-corrected chi connectivity index (χ1v) is 4.80. The summed E-state index contributed by atoms with van der Waals surface area (Å²) in [6, 6.07) is 3.08. The van der Waals surface area contributed by atoms with Gasteiger partial charge in [0.1, 0.15) is 11.6 Å². The quantitative estimate of drug-likeness (QED) is 0.732. The molecule has 76 valence electrons. The highest BCUT2D eigenvalue weighted by Crippen LogP contribution is 2.17. The lowest BCUT2D eigenvalue weighted by molar-refractivity contribution is 0.145. The van der Waals surface area contributed by atoms with Crippen molar-refractivity contribution >= 4 is 5.82 Å². The number of hydrogen-bond acceptors (Lipinski definition) is 3. The van der Waals surface area contributed by atoms with Gasteiger partial charge in [0.2, 0.25) is 0 Å². The Balaban J connectivity index is 2.05. The van der Waals surface area contributed by atoms with Crippen LogP contribution in [0, 0.1) is 5.82 Å². The molecule has 1 aromatic rings. The second-order valence-corrected chi connectivity index (χ2v) is 3.55. The Morgan fingerprint density at radius 3 is 2.64 bits per heavy atom. The average molecular weight is 196 g/mol. The molecule has 3 nitrogen and oxygen atoms in total. The minimum atomic E-state index is -0.314. The van der Waals surface area contributed by atoms with Crippen LogP contribution in [0.5, 0.6) is 0 Å². The molecule has 1 saturated heterocycles. The molecular formula is C10H13FN2O. The lowest BCUT2D eigenvalue weighted by Crippen LogP contribution is -2.36. The van der Waals surface area contributed by atoms with E-state index in [-0.39, 0.29) is 11.9 Å². The highest BCUT2D eigenvalue weighted by molar-refractivity contribution is 5.38. The zero-order chi connectivity index (χ0) is 9.97. The summed E-state index contributed by atoms with van der Waals surface area (Å²) < 4.78 is 12.6. The molecule has 1 aliphatic heterocycles. The molecule has 4 heteroatoms. The molecule has 0 unspecified atom stereocenters. The second-order valence-electron chi connectivity index (χ2n) is 3.55. The second kappa shape index (κ2) is 3.92. The van der Waals surface area contributed by atoms with Gasteiger partial charge in [0.05, 0.1) is 12.3 Å². The summed E-state index contributed by atoms with van der Waals surface area (Å²) in [5.74, 6) is 0.476. The molecule has 1 aromatic heterocycles. The smallest absolute Gasteiger partial charge is 0.141 e. The van der Waals surface area contributed by atoms with Crippen LogP contribution in [0.4, 0.5) is 10.2 Å². The van der Waals surface area contributed by atoms with Crippen molar-refractivity contribution in [3.63, 3.8) is 0 Å². The fourth-order valence-electron chi connectivity index (χ4n) is 1.65. The third-order valence-electron chi connectivity index (χ3n) is 2.50. The number of pyridine rings is 1. The Labute approximate surface area is 82.2 Å². The number of nitrogens with zero attached hydrogens (tertiary/aromatic N) is 2. The molecule has 2 rings (SSSR count). The molecule has 0 saturated carbocycles. The van der Waals surface area contributed by atoms with Gasteiger partial charge >= 0.3 is 0 Å². The topological polar surface area (TPSA) is 36.4 Å². The first-order valence-electron chi connectivity index (χ1n) is 4.80. The van der Waals surface area contributed by atoms with Gasteiger partial charge in [0, 0.05) is 13.1 Å². The number of aliphatic hydroxyl groups excluding tert-OH is 1. The Hall–Kier alpha value is -1.16. The van der Waals surface area contributed by atoms with Crippen molar-refractivity contribution in [1.29, 1.82) is 0 Å². The molecule has 1 fully saturated rings. The molecule has 0 amide bonds. The highest BCUT2D eigenvalue weighted by atomic mass is 19.1. The van der Waals surface area contributed by atoms with Crippen LogP contribution >= 0.6 is 0 Å². The maximum absolute atomic E-state index is 12.6. The van der Waals surface area contributed by atoms with Crippen LogP contribution in [-0.2, 0) is 0 Å². The molecule has 0 aliphatic carbocycles. The fourth-order valence-corrected chi connectivity index (χ4v) is 1.65. The van der Waals surface area contributed by atoms with Crippen LogP contribution in [0.25, 0.3) is 0 Å². The number of aromatic nitrogens is 1. The molecule has 1 aliphatic rings. The van der Waals surface area contributed by atoms with Crippen molar-refractivity contribution in [3.05, 3.63) is 24.1 Å². The molecule has 0 spiro atoms. The Kier molecular flexibility index (Phi) is 2.63. The first kappa shape index (κ1) is 9.40. The number of piperidine rings is 1. The molecule has 0 radical (unpaired) electrons. The number of rotatable bonds is 1. The number of hydrogen-bond donors (Lipinski definition) is 1. The van der Waals surface area contributed by atoms with Crippen molar-refractivity contribution in [1.82, 2.24) is 4.98 Å². The van der Waals surface area contributed by atoms with Gasteiger partial charge in [-0.25, -0.2) is 9.37 Å². The average Bonchev–Trinajstić information content (AvgIpc) is 2.21. The van der Waals surface area contributed by atoms with Gasteiger partial charge < -0.3 is 10.0 Å². The van der Waals surface area contributed by atoms with E-state index < -0.39 is 0 Å². The summed E-state index contributed by atoms with van der Waals surface area (Å²) in [6.07, 6.45) is 2.56. The minimum Gasteiger partial charge on any atom is -0.393 e. The standard InChI is InChI=1S/C10H13FN2O/c11-8-1-2-10(12-7-8)13-5-3-9(14)4-6-13/h1-2,7,9,14H,3-6H2. The Bertz CT molecular complexity index is 293. The van der Waals surface area contributed by atoms with Crippen LogP contribution in [0.2, 0.25) is 0 Å². The van der Waals surface area contributed by atoms with Crippen molar-refractivity contribution in [2.75, 3.05) is 18.0 Å². The summed E-state index contributed by atoms with van der Waals surface area (Å²) >= 11 is 0. The van der Waals surface area contributed by atoms with E-state index in [1.165, 1.54) is 12.3 Å². The molecule has 0 atom stereocenters. The van der Waals surface area contributed by atoms with Crippen molar-refractivity contribution in [2.45, 2.75) is 18.9 Å². The molecule has 2 heterocycles. The maximum Gasteiger partial charge on any atom is 0.141 e. The summed E-state index contributed by atoms with van der Waals surface area (Å²) in [5, 5.41) is 9.31. The predicted octanol–water partition coefficient (Wildman–Crippen LogP) is 1.18. The summed E-state index contributed by atoms with van der Waals surface area (Å²) in [4.78, 5) is 6.06. The highest BCUT2D eigenvalue weighted by Gasteiger charge is 2.17. The Morgan fingerprint density at radius 2 is 2.07 bits per heavy atom. The molecule has 0 aromatic carbocycles. The summed E-state index contributed by atoms with van der Waals surface area (Å²) in [7, 11) is 0. The normalized spacial score (nSPS) is 18.6. The summed E-state index contributed by atoms with van der Waals surface area (Å²) in [5.41, 5.74) is 0. The van der Waals surface area contributed by atoms with Crippen LogP contribution < -0.4 is 4.90 Å². The minimum absolute atomic E-state index is 0.188. The largest absolute Gasteiger partial charge is 0.393 e. The van der Waals surface area contributed by atoms with Gasteiger partial charge in [-0.1, -0.05) is 0 Å². The first-order chi connectivity index (χ1) is 6.75. The van der Waals surface area contributed by atoms with Crippen molar-refractivity contribution < 1.29 is 9.50 Å². The van der Waals surface area contributed by atoms with E-state index >= 15 is 0 Å². The van der Waals surface area contributed by atoms with Gasteiger partial charge in [0.15, 0.2) is 0 Å². The predicted molar refractivity (Wildman–Crippen MR) is 51.6 cm³/mol. The van der Waals surface area contributed by atoms with E-state index in [1.807, 2.05) is 0 Å². The van der Waals surface area contributed by atoms with E-state index in [2.05, 4.69) is 9.88 Å². The number of halogens is 1. The fraction of sp³-hybridized carbons (Fsp3) is 0.500. The van der Waals surface area contributed by atoms with Crippen LogP contribution in [0.3, 0.4) is 0 Å².